The minimum atomic E-state index is 0. The van der Waals surface area contributed by atoms with Crippen LogP contribution in [0.3, 0.4) is 0 Å². The quantitative estimate of drug-likeness (QED) is 0.751. The molecule has 2 heteroatoms. The molecule has 0 unspecified atom stereocenters. The maximum absolute atomic E-state index is 4.50. The van der Waals surface area contributed by atoms with Gasteiger partial charge < -0.3 is 5.73 Å². The molecular weight excluding hydrogens is 194 g/mol. The van der Waals surface area contributed by atoms with Crippen molar-refractivity contribution in [1.29, 1.82) is 0 Å². The molecule has 0 saturated heterocycles. The number of hydrogen-bond donors (Lipinski definition) is 1. The van der Waals surface area contributed by atoms with Crippen molar-refractivity contribution < 1.29 is 0 Å². The van der Waals surface area contributed by atoms with Crippen LogP contribution in [-0.2, 0) is 6.42 Å². The van der Waals surface area contributed by atoms with Gasteiger partial charge >= 0.3 is 0 Å². The van der Waals surface area contributed by atoms with Gasteiger partial charge in [0, 0.05) is 0 Å². The lowest BCUT2D eigenvalue weighted by Gasteiger charge is -2.04. The van der Waals surface area contributed by atoms with Crippen molar-refractivity contribution in [3.05, 3.63) is 47.5 Å². The molecule has 14 heavy (non-hydrogen) atoms. The molecule has 2 N–H and O–H groups in total. The molecule has 0 spiro atoms. The smallest absolute Gasteiger partial charge is 0.00974 e. The van der Waals surface area contributed by atoms with E-state index in [9.17, 15) is 0 Å². The molecule has 1 nitrogen and oxygen atoms in total. The summed E-state index contributed by atoms with van der Waals surface area (Å²) in [4.78, 5) is 0. The summed E-state index contributed by atoms with van der Waals surface area (Å²) in [5.41, 5.74) is 8.65. The molecule has 0 bridgehead atoms. The normalized spacial score (nSPS) is 8.00. The van der Waals surface area contributed by atoms with Gasteiger partial charge in [0.15, 0.2) is 0 Å². The Hall–Kier alpha value is -0.790. The van der Waals surface area contributed by atoms with Crippen molar-refractivity contribution in [2.75, 3.05) is 7.05 Å². The Morgan fingerprint density at radius 3 is 2.36 bits per heavy atom. The van der Waals surface area contributed by atoms with Gasteiger partial charge in [-0.05, 0) is 44.0 Å². The van der Waals surface area contributed by atoms with E-state index in [2.05, 4.69) is 44.4 Å². The van der Waals surface area contributed by atoms with E-state index in [0.29, 0.717) is 0 Å². The first-order valence-electron chi connectivity index (χ1n) is 4.49. The zero-order valence-corrected chi connectivity index (χ0v) is 10.0. The third kappa shape index (κ3) is 4.45. The summed E-state index contributed by atoms with van der Waals surface area (Å²) in [7, 11) is 1.50. The van der Waals surface area contributed by atoms with Crippen molar-refractivity contribution in [3.8, 4) is 0 Å². The van der Waals surface area contributed by atoms with Crippen LogP contribution in [0, 0.1) is 13.8 Å². The predicted molar refractivity (Wildman–Crippen MR) is 67.2 cm³/mol. The third-order valence-corrected chi connectivity index (χ3v) is 2.08. The molecule has 0 heterocycles. The van der Waals surface area contributed by atoms with Gasteiger partial charge in [-0.1, -0.05) is 24.3 Å². The lowest BCUT2D eigenvalue weighted by Crippen LogP contribution is -1.88. The number of benzene rings is 1. The molecular formula is C12H20ClN. The molecule has 0 amide bonds. The molecule has 0 aromatic heterocycles. The number of allylic oxidation sites excluding steroid dienone is 1. The second-order valence-corrected chi connectivity index (χ2v) is 2.85. The van der Waals surface area contributed by atoms with E-state index in [1.807, 2.05) is 6.08 Å². The number of nitrogens with two attached hydrogens (primary N) is 1. The van der Waals surface area contributed by atoms with E-state index in [-0.39, 0.29) is 12.4 Å². The predicted octanol–water partition coefficient (Wildman–Crippen LogP) is 3.03. The summed E-state index contributed by atoms with van der Waals surface area (Å²) >= 11 is 0. The van der Waals surface area contributed by atoms with Crippen LogP contribution in [0.1, 0.15) is 16.7 Å². The lowest BCUT2D eigenvalue weighted by atomic mass is 10.0. The minimum absolute atomic E-state index is 0. The molecule has 0 aliphatic carbocycles. The first-order valence-corrected chi connectivity index (χ1v) is 4.49. The topological polar surface area (TPSA) is 26.0 Å². The van der Waals surface area contributed by atoms with Gasteiger partial charge in [-0.2, -0.15) is 0 Å². The number of hydrogen-bond acceptors (Lipinski definition) is 1. The van der Waals surface area contributed by atoms with Crippen LogP contribution in [0.4, 0.5) is 0 Å². The van der Waals surface area contributed by atoms with Gasteiger partial charge in [0.1, 0.15) is 0 Å². The van der Waals surface area contributed by atoms with Crippen LogP contribution in [0.25, 0.3) is 0 Å². The highest BCUT2D eigenvalue weighted by atomic mass is 35.5. The summed E-state index contributed by atoms with van der Waals surface area (Å²) in [5, 5.41) is 0. The fraction of sp³-hybridized carbons (Fsp3) is 0.333. The largest absolute Gasteiger partial charge is 0.333 e. The number of rotatable bonds is 2. The Labute approximate surface area is 93.4 Å². The first-order chi connectivity index (χ1) is 6.25. The Morgan fingerprint density at radius 1 is 1.29 bits per heavy atom. The average Bonchev–Trinajstić information content (AvgIpc) is 2.17. The summed E-state index contributed by atoms with van der Waals surface area (Å²) in [6.45, 7) is 8.03. The Bertz CT molecular complexity index is 269. The standard InChI is InChI=1S/C11H14.CH5N.ClH/c1-4-6-11-8-5-7-9(2)10(11)3;1-2;/h4-5,7-8H,1,6H2,2-3H3;2H2,1H3;1H. The van der Waals surface area contributed by atoms with Gasteiger partial charge in [-0.3, -0.25) is 0 Å². The summed E-state index contributed by atoms with van der Waals surface area (Å²) in [6, 6.07) is 6.40. The Balaban J connectivity index is 0. The van der Waals surface area contributed by atoms with Gasteiger partial charge in [-0.25, -0.2) is 0 Å². The van der Waals surface area contributed by atoms with Crippen LogP contribution in [0.15, 0.2) is 30.9 Å². The van der Waals surface area contributed by atoms with E-state index >= 15 is 0 Å². The maximum Gasteiger partial charge on any atom is -0.00974 e. The molecule has 1 aromatic rings. The third-order valence-electron chi connectivity index (χ3n) is 2.08. The molecule has 0 aliphatic rings. The average molecular weight is 214 g/mol. The van der Waals surface area contributed by atoms with Crippen LogP contribution in [-0.4, -0.2) is 7.05 Å². The van der Waals surface area contributed by atoms with Crippen molar-refractivity contribution in [3.63, 3.8) is 0 Å². The van der Waals surface area contributed by atoms with Gasteiger partial charge in [0.2, 0.25) is 0 Å². The monoisotopic (exact) mass is 213 g/mol. The van der Waals surface area contributed by atoms with Crippen LogP contribution in [0.5, 0.6) is 0 Å². The lowest BCUT2D eigenvalue weighted by molar-refractivity contribution is 1.18. The second kappa shape index (κ2) is 8.79. The fourth-order valence-corrected chi connectivity index (χ4v) is 1.19. The molecule has 80 valence electrons. The SMILES string of the molecule is C=CCc1cccc(C)c1C.CN.Cl. The Kier molecular flexibility index (Phi) is 9.84. The minimum Gasteiger partial charge on any atom is -0.333 e. The molecule has 0 radical (unpaired) electrons. The number of halogens is 1. The van der Waals surface area contributed by atoms with E-state index in [1.165, 1.54) is 23.7 Å². The van der Waals surface area contributed by atoms with Crippen molar-refractivity contribution in [2.45, 2.75) is 20.3 Å². The van der Waals surface area contributed by atoms with Gasteiger partial charge in [-0.15, -0.1) is 19.0 Å². The molecule has 0 fully saturated rings. The first kappa shape index (κ1) is 15.7. The molecule has 0 saturated carbocycles. The van der Waals surface area contributed by atoms with Crippen molar-refractivity contribution in [2.24, 2.45) is 5.73 Å². The van der Waals surface area contributed by atoms with Crippen molar-refractivity contribution >= 4 is 12.4 Å². The van der Waals surface area contributed by atoms with Crippen LogP contribution < -0.4 is 5.73 Å². The highest BCUT2D eigenvalue weighted by Gasteiger charge is 1.96. The zero-order chi connectivity index (χ0) is 10.3. The van der Waals surface area contributed by atoms with Crippen molar-refractivity contribution in [1.82, 2.24) is 0 Å². The van der Waals surface area contributed by atoms with Crippen LogP contribution in [0.2, 0.25) is 0 Å². The fourth-order valence-electron chi connectivity index (χ4n) is 1.19. The highest BCUT2D eigenvalue weighted by Crippen LogP contribution is 2.12. The maximum atomic E-state index is 4.50. The van der Waals surface area contributed by atoms with E-state index in [4.69, 9.17) is 0 Å². The summed E-state index contributed by atoms with van der Waals surface area (Å²) in [5.74, 6) is 0. The van der Waals surface area contributed by atoms with E-state index < -0.39 is 0 Å². The van der Waals surface area contributed by atoms with Gasteiger partial charge in [0.25, 0.3) is 0 Å². The molecule has 1 aromatic carbocycles. The van der Waals surface area contributed by atoms with Crippen LogP contribution >= 0.6 is 12.4 Å². The number of aryl methyl sites for hydroxylation is 1. The Morgan fingerprint density at radius 2 is 1.86 bits per heavy atom. The van der Waals surface area contributed by atoms with Gasteiger partial charge in [0.05, 0.1) is 0 Å². The molecule has 0 atom stereocenters. The second-order valence-electron chi connectivity index (χ2n) is 2.85. The highest BCUT2D eigenvalue weighted by molar-refractivity contribution is 5.85. The molecule has 1 rings (SSSR count). The summed E-state index contributed by atoms with van der Waals surface area (Å²) in [6.07, 6.45) is 2.93. The van der Waals surface area contributed by atoms with E-state index in [1.54, 1.807) is 0 Å². The summed E-state index contributed by atoms with van der Waals surface area (Å²) < 4.78 is 0. The molecule has 0 aliphatic heterocycles. The zero-order valence-electron chi connectivity index (χ0n) is 9.21. The van der Waals surface area contributed by atoms with E-state index in [0.717, 1.165) is 6.42 Å².